The van der Waals surface area contributed by atoms with Crippen LogP contribution in [0.25, 0.3) is 0 Å². The van der Waals surface area contributed by atoms with Crippen LogP contribution < -0.4 is 5.73 Å². The first kappa shape index (κ1) is 15.3. The number of piperidine rings is 1. The quantitative estimate of drug-likeness (QED) is 0.888. The molecule has 0 spiro atoms. The lowest BCUT2D eigenvalue weighted by atomic mass is 9.83. The van der Waals surface area contributed by atoms with Gasteiger partial charge in [0, 0.05) is 23.6 Å². The highest BCUT2D eigenvalue weighted by molar-refractivity contribution is 9.10. The number of benzene rings is 1. The average molecular weight is 346 g/mol. The first-order chi connectivity index (χ1) is 8.93. The van der Waals surface area contributed by atoms with Gasteiger partial charge in [0.1, 0.15) is 0 Å². The molecule has 2 rings (SSSR count). The van der Waals surface area contributed by atoms with Crippen LogP contribution in [0.5, 0.6) is 0 Å². The van der Waals surface area contributed by atoms with Crippen LogP contribution >= 0.6 is 27.5 Å². The zero-order chi connectivity index (χ0) is 14.0. The van der Waals surface area contributed by atoms with Gasteiger partial charge in [-0.15, -0.1) is 0 Å². The molecule has 1 heterocycles. The van der Waals surface area contributed by atoms with Crippen molar-refractivity contribution in [2.75, 3.05) is 19.6 Å². The van der Waals surface area contributed by atoms with E-state index in [1.54, 1.807) is 0 Å². The Hall–Kier alpha value is -0.0900. The topological polar surface area (TPSA) is 29.3 Å². The van der Waals surface area contributed by atoms with Crippen LogP contribution in [0, 0.1) is 5.41 Å². The lowest BCUT2D eigenvalue weighted by molar-refractivity contribution is 0.0807. The first-order valence-corrected chi connectivity index (χ1v) is 7.99. The van der Waals surface area contributed by atoms with Crippen LogP contribution in [-0.4, -0.2) is 24.5 Å². The van der Waals surface area contributed by atoms with Gasteiger partial charge in [-0.05, 0) is 58.4 Å². The van der Waals surface area contributed by atoms with Gasteiger partial charge in [0.2, 0.25) is 0 Å². The minimum absolute atomic E-state index is 0.269. The number of nitrogens with two attached hydrogens (primary N) is 1. The SMILES string of the molecule is CC1(C)CCCN(C(CN)c2ccc(Br)c(Cl)c2)C1. The maximum absolute atomic E-state index is 6.20. The third kappa shape index (κ3) is 3.72. The van der Waals surface area contributed by atoms with Gasteiger partial charge in [-0.1, -0.05) is 31.5 Å². The van der Waals surface area contributed by atoms with E-state index in [4.69, 9.17) is 17.3 Å². The standard InChI is InChI=1S/C15H22BrClN2/c1-15(2)6-3-7-19(10-15)14(9-18)11-4-5-12(16)13(17)8-11/h4-5,8,14H,3,6-7,9-10,18H2,1-2H3. The van der Waals surface area contributed by atoms with Crippen molar-refractivity contribution in [3.63, 3.8) is 0 Å². The zero-order valence-corrected chi connectivity index (χ0v) is 14.0. The maximum Gasteiger partial charge on any atom is 0.0551 e. The van der Waals surface area contributed by atoms with Crippen molar-refractivity contribution in [2.24, 2.45) is 11.1 Å². The molecule has 0 aromatic heterocycles. The molecule has 106 valence electrons. The van der Waals surface area contributed by atoms with Gasteiger partial charge in [-0.2, -0.15) is 0 Å². The molecule has 0 bridgehead atoms. The molecular weight excluding hydrogens is 324 g/mol. The highest BCUT2D eigenvalue weighted by atomic mass is 79.9. The molecule has 0 aliphatic carbocycles. The Labute approximate surface area is 129 Å². The van der Waals surface area contributed by atoms with Crippen molar-refractivity contribution in [1.82, 2.24) is 4.90 Å². The summed E-state index contributed by atoms with van der Waals surface area (Å²) in [6, 6.07) is 6.43. The van der Waals surface area contributed by atoms with Crippen molar-refractivity contribution in [1.29, 1.82) is 0 Å². The fourth-order valence-corrected chi connectivity index (χ4v) is 3.39. The summed E-state index contributed by atoms with van der Waals surface area (Å²) >= 11 is 9.64. The van der Waals surface area contributed by atoms with Crippen LogP contribution in [0.3, 0.4) is 0 Å². The fourth-order valence-electron chi connectivity index (χ4n) is 2.95. The van der Waals surface area contributed by atoms with Gasteiger partial charge in [-0.25, -0.2) is 0 Å². The number of hydrogen-bond donors (Lipinski definition) is 1. The summed E-state index contributed by atoms with van der Waals surface area (Å²) in [7, 11) is 0. The monoisotopic (exact) mass is 344 g/mol. The molecule has 1 saturated heterocycles. The Balaban J connectivity index is 2.21. The summed E-state index contributed by atoms with van der Waals surface area (Å²) in [4.78, 5) is 2.50. The average Bonchev–Trinajstić information content (AvgIpc) is 2.33. The molecule has 2 nitrogen and oxygen atoms in total. The molecule has 1 atom stereocenters. The van der Waals surface area contributed by atoms with Gasteiger partial charge in [-0.3, -0.25) is 4.90 Å². The van der Waals surface area contributed by atoms with Crippen molar-refractivity contribution in [2.45, 2.75) is 32.7 Å². The number of rotatable bonds is 3. The van der Waals surface area contributed by atoms with Crippen LogP contribution in [0.1, 0.15) is 38.3 Å². The third-order valence-corrected chi connectivity index (χ3v) is 5.15. The lowest BCUT2D eigenvalue weighted by Crippen LogP contribution is -2.44. The molecule has 1 aromatic carbocycles. The molecule has 0 saturated carbocycles. The number of halogens is 2. The van der Waals surface area contributed by atoms with Crippen LogP contribution in [0.15, 0.2) is 22.7 Å². The molecule has 0 radical (unpaired) electrons. The van der Waals surface area contributed by atoms with Gasteiger partial charge in [0.15, 0.2) is 0 Å². The second-order valence-electron chi connectivity index (χ2n) is 6.16. The maximum atomic E-state index is 6.20. The summed E-state index contributed by atoms with van der Waals surface area (Å²) in [6.07, 6.45) is 2.54. The van der Waals surface area contributed by atoms with Gasteiger partial charge < -0.3 is 5.73 Å². The third-order valence-electron chi connectivity index (χ3n) is 3.92. The molecular formula is C15H22BrClN2. The van der Waals surface area contributed by atoms with Gasteiger partial charge >= 0.3 is 0 Å². The normalized spacial score (nSPS) is 21.3. The van der Waals surface area contributed by atoms with Gasteiger partial charge in [0.25, 0.3) is 0 Å². The van der Waals surface area contributed by atoms with E-state index in [2.05, 4.69) is 40.7 Å². The minimum atomic E-state index is 0.269. The predicted molar refractivity (Wildman–Crippen MR) is 85.5 cm³/mol. The van der Waals surface area contributed by atoms with E-state index in [9.17, 15) is 0 Å². The van der Waals surface area contributed by atoms with Crippen LogP contribution in [-0.2, 0) is 0 Å². The Morgan fingerprint density at radius 2 is 2.21 bits per heavy atom. The Morgan fingerprint density at radius 3 is 2.79 bits per heavy atom. The summed E-state index contributed by atoms with van der Waals surface area (Å²) in [6.45, 7) is 7.53. The molecule has 1 unspecified atom stereocenters. The van der Waals surface area contributed by atoms with E-state index in [-0.39, 0.29) is 6.04 Å². The van der Waals surface area contributed by atoms with Crippen molar-refractivity contribution >= 4 is 27.5 Å². The van der Waals surface area contributed by atoms with Crippen LogP contribution in [0.2, 0.25) is 5.02 Å². The minimum Gasteiger partial charge on any atom is -0.329 e. The first-order valence-electron chi connectivity index (χ1n) is 6.82. The Morgan fingerprint density at radius 1 is 1.47 bits per heavy atom. The van der Waals surface area contributed by atoms with E-state index in [1.165, 1.54) is 18.4 Å². The number of nitrogens with zero attached hydrogens (tertiary/aromatic N) is 1. The zero-order valence-electron chi connectivity index (χ0n) is 11.6. The largest absolute Gasteiger partial charge is 0.329 e. The fraction of sp³-hybridized carbons (Fsp3) is 0.600. The molecule has 2 N–H and O–H groups in total. The Kier molecular flexibility index (Phi) is 4.93. The second-order valence-corrected chi connectivity index (χ2v) is 7.42. The lowest BCUT2D eigenvalue weighted by Gasteiger charge is -2.42. The Bertz CT molecular complexity index is 448. The molecule has 0 amide bonds. The summed E-state index contributed by atoms with van der Waals surface area (Å²) in [5.41, 5.74) is 7.61. The highest BCUT2D eigenvalue weighted by Crippen LogP contribution is 2.34. The van der Waals surface area contributed by atoms with Crippen molar-refractivity contribution in [3.05, 3.63) is 33.3 Å². The van der Waals surface area contributed by atoms with Crippen molar-refractivity contribution in [3.8, 4) is 0 Å². The van der Waals surface area contributed by atoms with Crippen molar-refractivity contribution < 1.29 is 0 Å². The smallest absolute Gasteiger partial charge is 0.0551 e. The second kappa shape index (κ2) is 6.13. The summed E-state index contributed by atoms with van der Waals surface area (Å²) in [5.74, 6) is 0. The van der Waals surface area contributed by atoms with E-state index in [0.717, 1.165) is 22.6 Å². The molecule has 4 heteroatoms. The molecule has 1 aromatic rings. The highest BCUT2D eigenvalue weighted by Gasteiger charge is 2.30. The van der Waals surface area contributed by atoms with E-state index < -0.39 is 0 Å². The number of likely N-dealkylation sites (tertiary alicyclic amines) is 1. The molecule has 1 aliphatic heterocycles. The molecule has 1 aliphatic rings. The molecule has 19 heavy (non-hydrogen) atoms. The molecule has 1 fully saturated rings. The van der Waals surface area contributed by atoms with E-state index >= 15 is 0 Å². The summed E-state index contributed by atoms with van der Waals surface area (Å²) < 4.78 is 0.938. The summed E-state index contributed by atoms with van der Waals surface area (Å²) in [5, 5.41) is 0.757. The van der Waals surface area contributed by atoms with E-state index in [0.29, 0.717) is 12.0 Å². The van der Waals surface area contributed by atoms with Gasteiger partial charge in [0.05, 0.1) is 5.02 Å². The van der Waals surface area contributed by atoms with E-state index in [1.807, 2.05) is 12.1 Å². The number of hydrogen-bond acceptors (Lipinski definition) is 2. The van der Waals surface area contributed by atoms with Crippen LogP contribution in [0.4, 0.5) is 0 Å². The predicted octanol–water partition coefficient (Wildman–Crippen LogP) is 4.22.